The molecule has 2 aromatic carbocycles. The molecule has 1 N–H and O–H groups in total. The predicted octanol–water partition coefficient (Wildman–Crippen LogP) is 2.57. The maximum absolute atomic E-state index is 13.3. The number of rotatable bonds is 4. The van der Waals surface area contributed by atoms with Crippen LogP contribution in [0.3, 0.4) is 0 Å². The Bertz CT molecular complexity index is 816. The van der Waals surface area contributed by atoms with Crippen LogP contribution in [0.15, 0.2) is 60.7 Å². The highest BCUT2D eigenvalue weighted by molar-refractivity contribution is 7.51. The number of nitrogens with zero attached hydrogens (tertiary/aromatic N) is 2. The number of carbonyl (C=O) groups excluding carboxylic acids is 2. The van der Waals surface area contributed by atoms with E-state index in [1.54, 1.807) is 60.7 Å². The van der Waals surface area contributed by atoms with Gasteiger partial charge in [-0.05, 0) is 11.1 Å². The Labute approximate surface area is 145 Å². The molecule has 0 spiro atoms. The number of benzene rings is 2. The third-order valence-corrected chi connectivity index (χ3v) is 5.68. The number of carbonyl (C=O) groups is 2. The quantitative estimate of drug-likeness (QED) is 0.669. The van der Waals surface area contributed by atoms with Crippen molar-refractivity contribution in [2.45, 2.75) is 5.54 Å². The zero-order chi connectivity index (χ0) is 18.2. The van der Waals surface area contributed by atoms with E-state index < -0.39 is 25.2 Å². The van der Waals surface area contributed by atoms with E-state index in [2.05, 4.69) is 4.52 Å². The summed E-state index contributed by atoms with van der Waals surface area (Å²) in [6.07, 6.45) is 0. The fraction of sp³-hybridized carbons (Fsp3) is 0.176. The molecule has 3 amide bonds. The lowest BCUT2D eigenvalue weighted by molar-refractivity contribution is -0.129. The van der Waals surface area contributed by atoms with Crippen molar-refractivity contribution in [3.8, 4) is 0 Å². The summed E-state index contributed by atoms with van der Waals surface area (Å²) in [7, 11) is -2.19. The molecule has 1 unspecified atom stereocenters. The van der Waals surface area contributed by atoms with Crippen molar-refractivity contribution in [1.82, 2.24) is 9.57 Å². The van der Waals surface area contributed by atoms with Crippen LogP contribution in [0, 0.1) is 0 Å². The standard InChI is InChI=1S/C17H17N2O5P/c1-18-16(21)19(25(22,23)24-2)15(20)17(18,13-9-5-3-6-10-13)14-11-7-4-8-12-14/h3-12H,1-2H3,(H,22,23). The van der Waals surface area contributed by atoms with Crippen molar-refractivity contribution in [1.29, 1.82) is 0 Å². The van der Waals surface area contributed by atoms with E-state index >= 15 is 0 Å². The average Bonchev–Trinajstić information content (AvgIpc) is 2.84. The van der Waals surface area contributed by atoms with Gasteiger partial charge in [-0.3, -0.25) is 9.32 Å². The summed E-state index contributed by atoms with van der Waals surface area (Å²) in [5, 5.41) is 0. The summed E-state index contributed by atoms with van der Waals surface area (Å²) in [5.74, 6) is -0.829. The smallest absolute Gasteiger partial charge is 0.307 e. The van der Waals surface area contributed by atoms with Crippen LogP contribution >= 0.6 is 7.75 Å². The van der Waals surface area contributed by atoms with Gasteiger partial charge in [-0.15, -0.1) is 0 Å². The van der Waals surface area contributed by atoms with Gasteiger partial charge in [0.15, 0.2) is 5.54 Å². The van der Waals surface area contributed by atoms with Crippen LogP contribution in [0.1, 0.15) is 11.1 Å². The largest absolute Gasteiger partial charge is 0.443 e. The van der Waals surface area contributed by atoms with Crippen molar-refractivity contribution >= 4 is 19.7 Å². The van der Waals surface area contributed by atoms with Gasteiger partial charge in [0.2, 0.25) is 0 Å². The van der Waals surface area contributed by atoms with E-state index in [1.165, 1.54) is 11.9 Å². The molecule has 1 atom stereocenters. The van der Waals surface area contributed by atoms with Crippen LogP contribution in [0.5, 0.6) is 0 Å². The van der Waals surface area contributed by atoms with Gasteiger partial charge in [0.05, 0.1) is 0 Å². The predicted molar refractivity (Wildman–Crippen MR) is 90.5 cm³/mol. The molecule has 2 aromatic rings. The second-order valence-corrected chi connectivity index (χ2v) is 7.32. The first-order valence-electron chi connectivity index (χ1n) is 7.49. The lowest BCUT2D eigenvalue weighted by atomic mass is 9.82. The summed E-state index contributed by atoms with van der Waals surface area (Å²) in [4.78, 5) is 37.2. The topological polar surface area (TPSA) is 87.2 Å². The minimum absolute atomic E-state index is 0.312. The molecule has 0 bridgehead atoms. The normalized spacial score (nSPS) is 19.2. The molecule has 1 aliphatic heterocycles. The van der Waals surface area contributed by atoms with Crippen molar-refractivity contribution < 1.29 is 23.6 Å². The molecule has 0 aromatic heterocycles. The Morgan fingerprint density at radius 1 is 0.960 bits per heavy atom. The van der Waals surface area contributed by atoms with Crippen LogP contribution in [0.25, 0.3) is 0 Å². The molecule has 8 heteroatoms. The molecule has 0 aliphatic carbocycles. The molecule has 3 rings (SSSR count). The van der Waals surface area contributed by atoms with E-state index in [4.69, 9.17) is 0 Å². The van der Waals surface area contributed by atoms with Crippen LogP contribution < -0.4 is 0 Å². The average molecular weight is 360 g/mol. The fourth-order valence-electron chi connectivity index (χ4n) is 3.13. The molecule has 1 saturated heterocycles. The van der Waals surface area contributed by atoms with Crippen molar-refractivity contribution in [3.63, 3.8) is 0 Å². The van der Waals surface area contributed by atoms with Crippen LogP contribution in [0.2, 0.25) is 0 Å². The monoisotopic (exact) mass is 360 g/mol. The maximum atomic E-state index is 13.3. The van der Waals surface area contributed by atoms with Crippen LogP contribution in [-0.4, -0.2) is 40.6 Å². The number of hydrogen-bond donors (Lipinski definition) is 1. The fourth-order valence-corrected chi connectivity index (χ4v) is 4.02. The molecule has 1 aliphatic rings. The number of likely N-dealkylation sites (N-methyl/N-ethyl adjacent to an activating group) is 1. The summed E-state index contributed by atoms with van der Waals surface area (Å²) in [6.45, 7) is 0. The Hall–Kier alpha value is -2.47. The van der Waals surface area contributed by atoms with E-state index in [-0.39, 0.29) is 0 Å². The van der Waals surface area contributed by atoms with E-state index in [1.807, 2.05) is 0 Å². The first-order valence-corrected chi connectivity index (χ1v) is 9.02. The van der Waals surface area contributed by atoms with Gasteiger partial charge in [-0.2, -0.15) is 4.67 Å². The molecule has 25 heavy (non-hydrogen) atoms. The Balaban J connectivity index is 2.32. The third kappa shape index (κ3) is 2.40. The molecule has 0 saturated carbocycles. The van der Waals surface area contributed by atoms with Crippen LogP contribution in [0.4, 0.5) is 4.79 Å². The van der Waals surface area contributed by atoms with Gasteiger partial charge >= 0.3 is 13.8 Å². The highest BCUT2D eigenvalue weighted by Crippen LogP contribution is 2.54. The molecular weight excluding hydrogens is 343 g/mol. The zero-order valence-corrected chi connectivity index (χ0v) is 14.6. The SMILES string of the molecule is COP(=O)(O)N1C(=O)N(C)C(c2ccccc2)(c2ccccc2)C1=O. The van der Waals surface area contributed by atoms with Gasteiger partial charge in [-0.1, -0.05) is 60.7 Å². The highest BCUT2D eigenvalue weighted by atomic mass is 31.2. The second-order valence-electron chi connectivity index (χ2n) is 5.57. The van der Waals surface area contributed by atoms with Gasteiger partial charge in [-0.25, -0.2) is 9.36 Å². The molecule has 1 fully saturated rings. The molecular formula is C17H17N2O5P. The van der Waals surface area contributed by atoms with Gasteiger partial charge in [0.1, 0.15) is 0 Å². The molecule has 130 valence electrons. The Morgan fingerprint density at radius 3 is 1.80 bits per heavy atom. The number of urea groups is 1. The first-order chi connectivity index (χ1) is 11.9. The summed E-state index contributed by atoms with van der Waals surface area (Å²) >= 11 is 0. The van der Waals surface area contributed by atoms with Gasteiger partial charge < -0.3 is 9.79 Å². The van der Waals surface area contributed by atoms with Crippen molar-refractivity contribution in [2.75, 3.05) is 14.2 Å². The minimum Gasteiger partial charge on any atom is -0.307 e. The Kier molecular flexibility index (Phi) is 4.24. The maximum Gasteiger partial charge on any atom is 0.443 e. The van der Waals surface area contributed by atoms with Gasteiger partial charge in [0, 0.05) is 14.2 Å². The summed E-state index contributed by atoms with van der Waals surface area (Å²) in [5.41, 5.74) is -0.516. The number of amides is 3. The zero-order valence-electron chi connectivity index (χ0n) is 13.7. The Morgan fingerprint density at radius 2 is 1.40 bits per heavy atom. The van der Waals surface area contributed by atoms with E-state index in [0.29, 0.717) is 15.8 Å². The number of hydrogen-bond acceptors (Lipinski definition) is 4. The van der Waals surface area contributed by atoms with E-state index in [9.17, 15) is 19.0 Å². The third-order valence-electron chi connectivity index (χ3n) is 4.35. The lowest BCUT2D eigenvalue weighted by Gasteiger charge is -2.33. The number of imide groups is 1. The van der Waals surface area contributed by atoms with Crippen LogP contribution in [-0.2, 0) is 19.4 Å². The highest BCUT2D eigenvalue weighted by Gasteiger charge is 2.62. The summed E-state index contributed by atoms with van der Waals surface area (Å²) in [6, 6.07) is 16.4. The minimum atomic E-state index is -4.60. The summed E-state index contributed by atoms with van der Waals surface area (Å²) < 4.78 is 17.1. The second kappa shape index (κ2) is 6.11. The lowest BCUT2D eigenvalue weighted by Crippen LogP contribution is -2.45. The molecule has 7 nitrogen and oxygen atoms in total. The molecule has 1 heterocycles. The van der Waals surface area contributed by atoms with E-state index in [0.717, 1.165) is 7.11 Å². The molecule has 0 radical (unpaired) electrons. The van der Waals surface area contributed by atoms with Crippen molar-refractivity contribution in [3.05, 3.63) is 71.8 Å². The van der Waals surface area contributed by atoms with Crippen molar-refractivity contribution in [2.24, 2.45) is 0 Å². The first kappa shape index (κ1) is 17.4. The van der Waals surface area contributed by atoms with Gasteiger partial charge in [0.25, 0.3) is 5.91 Å².